The van der Waals surface area contributed by atoms with Crippen molar-refractivity contribution in [2.75, 3.05) is 18.8 Å². The number of fused-ring (bicyclic) bond motifs is 1. The Morgan fingerprint density at radius 2 is 1.87 bits per heavy atom. The SMILES string of the molecule is Cc1ccc(-c2cc(C(F)(F)F)c3c(N)ncnn23)c(F)c1C(=O)N[C@@H]1CN(C(=O)C2CC(F)(F)C2)C[C@@H]1F. The molecule has 2 aromatic heterocycles. The number of alkyl halides is 6. The van der Waals surface area contributed by atoms with E-state index in [1.165, 1.54) is 19.1 Å². The standard InChI is InChI=1S/C24H21F7N6O2/c1-10-2-3-12(16-4-13(24(29,30)31)19-20(32)33-9-34-37(16)19)18(26)17(10)21(38)35-15-8-36(7-14(15)25)22(39)11-5-23(27,28)6-11/h2-4,9,11,14-15H,5-8H2,1H3,(H,35,38)(H2,32,33,34)/t14-,15+/m0/s1. The van der Waals surface area contributed by atoms with E-state index in [1.54, 1.807) is 0 Å². The van der Waals surface area contributed by atoms with E-state index in [-0.39, 0.29) is 17.8 Å². The fourth-order valence-corrected chi connectivity index (χ4v) is 5.04. The van der Waals surface area contributed by atoms with Gasteiger partial charge in [-0.3, -0.25) is 9.59 Å². The van der Waals surface area contributed by atoms with Crippen LogP contribution in [0.25, 0.3) is 16.8 Å². The topological polar surface area (TPSA) is 106 Å². The lowest BCUT2D eigenvalue weighted by Crippen LogP contribution is -2.47. The van der Waals surface area contributed by atoms with Crippen LogP contribution in [0.1, 0.15) is 34.3 Å². The molecule has 1 saturated heterocycles. The number of rotatable bonds is 4. The van der Waals surface area contributed by atoms with Crippen molar-refractivity contribution >= 4 is 23.1 Å². The Balaban J connectivity index is 1.43. The molecule has 3 N–H and O–H groups in total. The number of likely N-dealkylation sites (tertiary alicyclic amines) is 1. The van der Waals surface area contributed by atoms with Crippen LogP contribution in [0, 0.1) is 18.7 Å². The molecule has 2 amide bonds. The second-order valence-electron chi connectivity index (χ2n) is 9.77. The molecule has 1 saturated carbocycles. The maximum absolute atomic E-state index is 15.8. The molecular formula is C24H21F7N6O2. The van der Waals surface area contributed by atoms with E-state index in [0.29, 0.717) is 6.07 Å². The minimum Gasteiger partial charge on any atom is -0.382 e. The Morgan fingerprint density at radius 3 is 2.51 bits per heavy atom. The molecular weight excluding hydrogens is 537 g/mol. The van der Waals surface area contributed by atoms with Gasteiger partial charge in [0.1, 0.15) is 23.8 Å². The number of anilines is 1. The fourth-order valence-electron chi connectivity index (χ4n) is 5.04. The minimum absolute atomic E-state index is 0.109. The zero-order valence-corrected chi connectivity index (χ0v) is 20.2. The number of nitrogen functional groups attached to an aromatic ring is 1. The van der Waals surface area contributed by atoms with E-state index < -0.39 is 95.3 Å². The van der Waals surface area contributed by atoms with Gasteiger partial charge in [0.05, 0.1) is 29.4 Å². The molecule has 3 aromatic rings. The highest BCUT2D eigenvalue weighted by Gasteiger charge is 2.51. The molecule has 2 aliphatic rings. The number of carbonyl (C=O) groups is 2. The van der Waals surface area contributed by atoms with E-state index in [4.69, 9.17) is 5.73 Å². The fraction of sp³-hybridized carbons (Fsp3) is 0.417. The Morgan fingerprint density at radius 1 is 1.18 bits per heavy atom. The van der Waals surface area contributed by atoms with Crippen molar-refractivity contribution in [1.82, 2.24) is 24.8 Å². The Kier molecular flexibility index (Phi) is 6.22. The van der Waals surface area contributed by atoms with Gasteiger partial charge in [-0.1, -0.05) is 6.07 Å². The lowest BCUT2D eigenvalue weighted by Gasteiger charge is -2.36. The molecule has 8 nitrogen and oxygen atoms in total. The van der Waals surface area contributed by atoms with Crippen LogP contribution in [0.3, 0.4) is 0 Å². The summed E-state index contributed by atoms with van der Waals surface area (Å²) in [4.78, 5) is 30.1. The molecule has 3 heterocycles. The third kappa shape index (κ3) is 4.63. The smallest absolute Gasteiger partial charge is 0.382 e. The van der Waals surface area contributed by atoms with Crippen LogP contribution in [0.4, 0.5) is 36.6 Å². The third-order valence-electron chi connectivity index (χ3n) is 7.06. The van der Waals surface area contributed by atoms with Crippen molar-refractivity contribution in [3.05, 3.63) is 47.0 Å². The summed E-state index contributed by atoms with van der Waals surface area (Å²) in [6.45, 7) is 0.654. The number of nitrogens with one attached hydrogen (secondary N) is 1. The molecule has 2 atom stereocenters. The van der Waals surface area contributed by atoms with Crippen LogP contribution in [0.15, 0.2) is 24.5 Å². The first-order chi connectivity index (χ1) is 18.2. The first kappa shape index (κ1) is 26.7. The molecule has 0 unspecified atom stereocenters. The van der Waals surface area contributed by atoms with Gasteiger partial charge in [-0.2, -0.15) is 18.3 Å². The van der Waals surface area contributed by atoms with Gasteiger partial charge in [0, 0.05) is 30.9 Å². The minimum atomic E-state index is -4.87. The molecule has 39 heavy (non-hydrogen) atoms. The van der Waals surface area contributed by atoms with Crippen LogP contribution in [-0.4, -0.2) is 62.5 Å². The van der Waals surface area contributed by atoms with Crippen LogP contribution in [0.5, 0.6) is 0 Å². The number of hydrogen-bond acceptors (Lipinski definition) is 5. The lowest BCUT2D eigenvalue weighted by molar-refractivity contribution is -0.159. The van der Waals surface area contributed by atoms with Crippen LogP contribution >= 0.6 is 0 Å². The number of nitrogens with two attached hydrogens (primary N) is 1. The van der Waals surface area contributed by atoms with Gasteiger partial charge in [-0.15, -0.1) is 0 Å². The molecule has 0 radical (unpaired) electrons. The average Bonchev–Trinajstić information content (AvgIpc) is 3.39. The molecule has 2 fully saturated rings. The maximum Gasteiger partial charge on any atom is 0.418 e. The van der Waals surface area contributed by atoms with Crippen molar-refractivity contribution in [1.29, 1.82) is 0 Å². The van der Waals surface area contributed by atoms with E-state index in [2.05, 4.69) is 15.4 Å². The molecule has 0 spiro atoms. The Labute approximate surface area is 216 Å². The predicted molar refractivity (Wildman–Crippen MR) is 123 cm³/mol. The summed E-state index contributed by atoms with van der Waals surface area (Å²) < 4.78 is 98.5. The van der Waals surface area contributed by atoms with Crippen molar-refractivity contribution in [3.63, 3.8) is 0 Å². The van der Waals surface area contributed by atoms with Crippen LogP contribution in [-0.2, 0) is 11.0 Å². The van der Waals surface area contributed by atoms with Crippen molar-refractivity contribution in [3.8, 4) is 11.3 Å². The summed E-state index contributed by atoms with van der Waals surface area (Å²) in [5.74, 6) is -7.26. The molecule has 1 aromatic carbocycles. The Bertz CT molecular complexity index is 1480. The highest BCUT2D eigenvalue weighted by Crippen LogP contribution is 2.44. The van der Waals surface area contributed by atoms with Gasteiger partial charge < -0.3 is 16.0 Å². The molecule has 1 aliphatic heterocycles. The maximum atomic E-state index is 15.8. The van der Waals surface area contributed by atoms with E-state index in [1.807, 2.05) is 0 Å². The molecule has 208 valence electrons. The summed E-state index contributed by atoms with van der Waals surface area (Å²) in [5, 5.41) is 6.10. The number of hydrogen-bond donors (Lipinski definition) is 2. The normalized spacial score (nSPS) is 21.3. The quantitative estimate of drug-likeness (QED) is 0.475. The average molecular weight is 558 g/mol. The van der Waals surface area contributed by atoms with Crippen molar-refractivity contribution in [2.24, 2.45) is 5.92 Å². The zero-order valence-electron chi connectivity index (χ0n) is 20.2. The second kappa shape index (κ2) is 9.09. The summed E-state index contributed by atoms with van der Waals surface area (Å²) in [5.41, 5.74) is 2.65. The summed E-state index contributed by atoms with van der Waals surface area (Å²) in [6, 6.07) is 1.86. The number of carbonyl (C=O) groups excluding carboxylic acids is 2. The monoisotopic (exact) mass is 558 g/mol. The predicted octanol–water partition coefficient (Wildman–Crippen LogP) is 3.77. The largest absolute Gasteiger partial charge is 0.418 e. The number of amides is 2. The first-order valence-electron chi connectivity index (χ1n) is 11.8. The van der Waals surface area contributed by atoms with Gasteiger partial charge in [-0.05, 0) is 24.6 Å². The number of aromatic nitrogens is 3. The zero-order chi connectivity index (χ0) is 28.4. The van der Waals surface area contributed by atoms with E-state index in [0.717, 1.165) is 15.7 Å². The van der Waals surface area contributed by atoms with Gasteiger partial charge in [0.2, 0.25) is 11.8 Å². The molecule has 0 bridgehead atoms. The van der Waals surface area contributed by atoms with Gasteiger partial charge in [-0.25, -0.2) is 27.1 Å². The number of halogens is 7. The van der Waals surface area contributed by atoms with Crippen molar-refractivity contribution in [2.45, 2.75) is 44.1 Å². The highest BCUT2D eigenvalue weighted by atomic mass is 19.4. The lowest BCUT2D eigenvalue weighted by atomic mass is 9.80. The molecule has 1 aliphatic carbocycles. The number of benzene rings is 1. The summed E-state index contributed by atoms with van der Waals surface area (Å²) in [6.07, 6.45) is -6.98. The highest BCUT2D eigenvalue weighted by molar-refractivity contribution is 5.98. The number of nitrogens with zero attached hydrogens (tertiary/aromatic N) is 4. The second-order valence-corrected chi connectivity index (χ2v) is 9.77. The van der Waals surface area contributed by atoms with Gasteiger partial charge >= 0.3 is 6.18 Å². The van der Waals surface area contributed by atoms with E-state index >= 15 is 4.39 Å². The first-order valence-corrected chi connectivity index (χ1v) is 11.8. The van der Waals surface area contributed by atoms with Gasteiger partial charge in [0.25, 0.3) is 5.91 Å². The summed E-state index contributed by atoms with van der Waals surface area (Å²) in [7, 11) is 0. The molecule has 15 heteroatoms. The number of aryl methyl sites for hydroxylation is 1. The van der Waals surface area contributed by atoms with E-state index in [9.17, 15) is 35.9 Å². The van der Waals surface area contributed by atoms with Crippen LogP contribution < -0.4 is 11.1 Å². The van der Waals surface area contributed by atoms with Crippen molar-refractivity contribution < 1.29 is 40.3 Å². The van der Waals surface area contributed by atoms with Gasteiger partial charge in [0.15, 0.2) is 5.82 Å². The Hall–Kier alpha value is -3.91. The van der Waals surface area contributed by atoms with Crippen LogP contribution in [0.2, 0.25) is 0 Å². The third-order valence-corrected chi connectivity index (χ3v) is 7.06. The summed E-state index contributed by atoms with van der Waals surface area (Å²) >= 11 is 0. The molecule has 5 rings (SSSR count).